The largest absolute Gasteiger partial charge is 0.381 e. The molecule has 1 aromatic heterocycles. The van der Waals surface area contributed by atoms with E-state index in [1.54, 1.807) is 7.11 Å². The summed E-state index contributed by atoms with van der Waals surface area (Å²) in [4.78, 5) is 5.46. The molecule has 0 saturated carbocycles. The molecular formula is C17H25NOS. The van der Waals surface area contributed by atoms with Gasteiger partial charge in [-0.15, -0.1) is 11.3 Å². The topological polar surface area (TPSA) is 12.5 Å². The number of nitrogens with zero attached hydrogens (tertiary/aromatic N) is 1. The van der Waals surface area contributed by atoms with Gasteiger partial charge in [0.05, 0.1) is 6.61 Å². The zero-order valence-electron chi connectivity index (χ0n) is 12.8. The lowest BCUT2D eigenvalue weighted by atomic mass is 10.0. The number of aryl methyl sites for hydroxylation is 1. The second-order valence-corrected chi connectivity index (χ2v) is 6.66. The van der Waals surface area contributed by atoms with E-state index in [-0.39, 0.29) is 0 Å². The summed E-state index contributed by atoms with van der Waals surface area (Å²) in [7, 11) is 1.76. The Kier molecular flexibility index (Phi) is 6.02. The van der Waals surface area contributed by atoms with E-state index in [1.165, 1.54) is 20.9 Å². The molecule has 0 aliphatic carbocycles. The minimum atomic E-state index is 0.719. The van der Waals surface area contributed by atoms with Crippen LogP contribution in [0.5, 0.6) is 0 Å². The highest BCUT2D eigenvalue weighted by atomic mass is 32.1. The Bertz CT molecular complexity index is 487. The van der Waals surface area contributed by atoms with Crippen molar-refractivity contribution in [2.24, 2.45) is 0 Å². The fourth-order valence-electron chi connectivity index (χ4n) is 2.69. The zero-order valence-corrected chi connectivity index (χ0v) is 13.6. The average Bonchev–Trinajstić information content (AvgIpc) is 2.75. The Hall–Kier alpha value is -0.900. The molecule has 0 atom stereocenters. The van der Waals surface area contributed by atoms with Gasteiger partial charge in [-0.05, 0) is 50.0 Å². The monoisotopic (exact) mass is 291 g/mol. The van der Waals surface area contributed by atoms with Gasteiger partial charge in [-0.2, -0.15) is 0 Å². The molecular weight excluding hydrogens is 266 g/mol. The van der Waals surface area contributed by atoms with Crippen LogP contribution in [-0.4, -0.2) is 31.7 Å². The summed E-state index contributed by atoms with van der Waals surface area (Å²) in [6.07, 6.45) is 6.79. The maximum Gasteiger partial charge on any atom is 0.0649 e. The van der Waals surface area contributed by atoms with E-state index < -0.39 is 0 Å². The van der Waals surface area contributed by atoms with Gasteiger partial charge >= 0.3 is 0 Å². The highest BCUT2D eigenvalue weighted by molar-refractivity contribution is 7.11. The smallest absolute Gasteiger partial charge is 0.0649 e. The van der Waals surface area contributed by atoms with Crippen LogP contribution in [-0.2, 0) is 11.3 Å². The summed E-state index contributed by atoms with van der Waals surface area (Å²) in [5, 5.41) is 0. The van der Waals surface area contributed by atoms with Crippen LogP contribution in [0.1, 0.15) is 29.5 Å². The van der Waals surface area contributed by atoms with Crippen molar-refractivity contribution in [2.45, 2.75) is 33.2 Å². The summed E-state index contributed by atoms with van der Waals surface area (Å²) in [5.74, 6) is 0. The molecule has 1 aliphatic heterocycles. The Morgan fingerprint density at radius 3 is 2.60 bits per heavy atom. The Morgan fingerprint density at radius 2 is 2.00 bits per heavy atom. The van der Waals surface area contributed by atoms with Crippen molar-refractivity contribution in [3.63, 3.8) is 0 Å². The van der Waals surface area contributed by atoms with Crippen molar-refractivity contribution in [3.8, 4) is 0 Å². The fourth-order valence-corrected chi connectivity index (χ4v) is 3.62. The average molecular weight is 291 g/mol. The van der Waals surface area contributed by atoms with Gasteiger partial charge in [-0.3, -0.25) is 4.90 Å². The lowest BCUT2D eigenvalue weighted by molar-refractivity contribution is 0.233. The molecule has 20 heavy (non-hydrogen) atoms. The van der Waals surface area contributed by atoms with Crippen molar-refractivity contribution < 1.29 is 4.74 Å². The number of methoxy groups -OCH3 is 1. The number of ether oxygens (including phenoxy) is 1. The molecule has 0 bridgehead atoms. The van der Waals surface area contributed by atoms with E-state index in [4.69, 9.17) is 4.74 Å². The van der Waals surface area contributed by atoms with Gasteiger partial charge in [-0.25, -0.2) is 0 Å². The minimum absolute atomic E-state index is 0.719. The third kappa shape index (κ3) is 4.30. The maximum absolute atomic E-state index is 5.19. The molecule has 2 rings (SSSR count). The lowest BCUT2D eigenvalue weighted by Gasteiger charge is -2.18. The van der Waals surface area contributed by atoms with Crippen molar-refractivity contribution in [1.82, 2.24) is 4.90 Å². The van der Waals surface area contributed by atoms with Gasteiger partial charge < -0.3 is 4.74 Å². The van der Waals surface area contributed by atoms with Gasteiger partial charge in [0.15, 0.2) is 0 Å². The molecule has 2 heterocycles. The molecule has 0 amide bonds. The van der Waals surface area contributed by atoms with Gasteiger partial charge in [0.1, 0.15) is 0 Å². The van der Waals surface area contributed by atoms with E-state index in [1.807, 2.05) is 11.3 Å². The number of likely N-dealkylation sites (tertiary alicyclic amines) is 1. The third-order valence-corrected chi connectivity index (χ3v) is 4.81. The van der Waals surface area contributed by atoms with E-state index in [2.05, 4.69) is 43.0 Å². The third-order valence-electron chi connectivity index (χ3n) is 3.83. The number of rotatable bonds is 4. The van der Waals surface area contributed by atoms with Crippen molar-refractivity contribution in [3.05, 3.63) is 45.2 Å². The van der Waals surface area contributed by atoms with E-state index >= 15 is 0 Å². The van der Waals surface area contributed by atoms with Crippen LogP contribution >= 0.6 is 11.3 Å². The van der Waals surface area contributed by atoms with Crippen LogP contribution in [0.2, 0.25) is 0 Å². The molecule has 2 nitrogen and oxygen atoms in total. The first-order valence-corrected chi connectivity index (χ1v) is 8.15. The molecule has 1 aliphatic rings. The SMILES string of the molecule is C/C=C1/CCN(Cc2ccc(C)s2)CC/C1=C/COC. The molecule has 1 aromatic rings. The second kappa shape index (κ2) is 7.77. The van der Waals surface area contributed by atoms with Crippen LogP contribution in [0.4, 0.5) is 0 Å². The summed E-state index contributed by atoms with van der Waals surface area (Å²) in [6, 6.07) is 4.49. The van der Waals surface area contributed by atoms with Gasteiger partial charge in [0.2, 0.25) is 0 Å². The standard InChI is InChI=1S/C17H25NOS/c1-4-15-7-10-18(11-8-16(15)9-12-19-3)13-17-6-5-14(2)20-17/h4-6,9H,7-8,10-13H2,1-3H3/b15-4-,16-9-. The Labute approximate surface area is 126 Å². The highest BCUT2D eigenvalue weighted by Crippen LogP contribution is 2.25. The van der Waals surface area contributed by atoms with E-state index in [0.717, 1.165) is 39.1 Å². The van der Waals surface area contributed by atoms with Crippen molar-refractivity contribution in [1.29, 1.82) is 0 Å². The zero-order chi connectivity index (χ0) is 14.4. The van der Waals surface area contributed by atoms with Gasteiger partial charge in [-0.1, -0.05) is 12.2 Å². The van der Waals surface area contributed by atoms with Crippen LogP contribution in [0.15, 0.2) is 35.4 Å². The van der Waals surface area contributed by atoms with Gasteiger partial charge in [0, 0.05) is 36.5 Å². The number of hydrogen-bond donors (Lipinski definition) is 0. The van der Waals surface area contributed by atoms with E-state index in [0.29, 0.717) is 0 Å². The van der Waals surface area contributed by atoms with Crippen LogP contribution in [0, 0.1) is 6.92 Å². The maximum atomic E-state index is 5.19. The summed E-state index contributed by atoms with van der Waals surface area (Å²) >= 11 is 1.92. The quantitative estimate of drug-likeness (QED) is 0.825. The highest BCUT2D eigenvalue weighted by Gasteiger charge is 2.16. The number of thiophene rings is 1. The molecule has 0 spiro atoms. The molecule has 110 valence electrons. The van der Waals surface area contributed by atoms with Crippen LogP contribution in [0.25, 0.3) is 0 Å². The van der Waals surface area contributed by atoms with Gasteiger partial charge in [0.25, 0.3) is 0 Å². The molecule has 0 N–H and O–H groups in total. The molecule has 0 aromatic carbocycles. The molecule has 0 radical (unpaired) electrons. The molecule has 1 saturated heterocycles. The van der Waals surface area contributed by atoms with Crippen molar-refractivity contribution in [2.75, 3.05) is 26.8 Å². The number of allylic oxidation sites excluding steroid dienone is 1. The predicted molar refractivity (Wildman–Crippen MR) is 87.3 cm³/mol. The first kappa shape index (κ1) is 15.5. The summed E-state index contributed by atoms with van der Waals surface area (Å²) in [5.41, 5.74) is 2.96. The Morgan fingerprint density at radius 1 is 1.25 bits per heavy atom. The van der Waals surface area contributed by atoms with Crippen LogP contribution in [0.3, 0.4) is 0 Å². The normalized spacial score (nSPS) is 21.6. The predicted octanol–water partition coefficient (Wildman–Crippen LogP) is 4.17. The Balaban J connectivity index is 1.99. The first-order chi connectivity index (χ1) is 9.72. The number of hydrogen-bond acceptors (Lipinski definition) is 3. The van der Waals surface area contributed by atoms with E-state index in [9.17, 15) is 0 Å². The lowest BCUT2D eigenvalue weighted by Crippen LogP contribution is -2.23. The fraction of sp³-hybridized carbons (Fsp3) is 0.529. The molecule has 3 heteroatoms. The van der Waals surface area contributed by atoms with Crippen LogP contribution < -0.4 is 0 Å². The minimum Gasteiger partial charge on any atom is -0.381 e. The molecule has 0 unspecified atom stereocenters. The second-order valence-electron chi connectivity index (χ2n) is 5.29. The summed E-state index contributed by atoms with van der Waals surface area (Å²) < 4.78 is 5.19. The summed E-state index contributed by atoms with van der Waals surface area (Å²) in [6.45, 7) is 8.43. The van der Waals surface area contributed by atoms with Crippen molar-refractivity contribution >= 4 is 11.3 Å². The first-order valence-electron chi connectivity index (χ1n) is 7.34. The molecule has 1 fully saturated rings.